The largest absolute Gasteiger partial charge is 0.258 e. The number of hydrogen-bond donors (Lipinski definition) is 0. The number of rotatable bonds is 1. The first-order valence-corrected chi connectivity index (χ1v) is 5.48. The molecular formula is C10H7BrClF3. The zero-order chi connectivity index (χ0) is 11.4. The van der Waals surface area contributed by atoms with E-state index in [1.807, 2.05) is 0 Å². The molecule has 0 amide bonds. The number of alkyl halides is 2. The predicted octanol–water partition coefficient (Wildman–Crippen LogP) is 4.54. The van der Waals surface area contributed by atoms with Crippen molar-refractivity contribution in [3.63, 3.8) is 0 Å². The van der Waals surface area contributed by atoms with Crippen LogP contribution in [-0.4, -0.2) is 5.92 Å². The second-order valence-electron chi connectivity index (χ2n) is 3.96. The topological polar surface area (TPSA) is 0 Å². The van der Waals surface area contributed by atoms with Crippen LogP contribution >= 0.6 is 27.5 Å². The lowest BCUT2D eigenvalue weighted by Crippen LogP contribution is -2.14. The summed E-state index contributed by atoms with van der Waals surface area (Å²) in [6.45, 7) is 1.32. The monoisotopic (exact) mass is 298 g/mol. The van der Waals surface area contributed by atoms with Crippen LogP contribution < -0.4 is 0 Å². The van der Waals surface area contributed by atoms with Crippen LogP contribution in [0.15, 0.2) is 16.6 Å². The van der Waals surface area contributed by atoms with Crippen LogP contribution in [0.2, 0.25) is 5.02 Å². The fourth-order valence-corrected chi connectivity index (χ4v) is 2.72. The summed E-state index contributed by atoms with van der Waals surface area (Å²) in [5.74, 6) is -3.54. The fraction of sp³-hybridized carbons (Fsp3) is 0.400. The zero-order valence-electron chi connectivity index (χ0n) is 7.75. The first-order valence-electron chi connectivity index (χ1n) is 4.31. The third-order valence-electron chi connectivity index (χ3n) is 2.82. The summed E-state index contributed by atoms with van der Waals surface area (Å²) in [5.41, 5.74) is -1.54. The van der Waals surface area contributed by atoms with Gasteiger partial charge in [0.25, 0.3) is 5.92 Å². The molecule has 5 heteroatoms. The van der Waals surface area contributed by atoms with Gasteiger partial charge in [0.1, 0.15) is 5.82 Å². The summed E-state index contributed by atoms with van der Waals surface area (Å²) in [5, 5.41) is 0.0431. The van der Waals surface area contributed by atoms with Gasteiger partial charge in [0.15, 0.2) is 0 Å². The van der Waals surface area contributed by atoms with Crippen molar-refractivity contribution in [3.8, 4) is 0 Å². The first-order chi connectivity index (χ1) is 6.78. The van der Waals surface area contributed by atoms with Crippen LogP contribution in [0.4, 0.5) is 13.2 Å². The van der Waals surface area contributed by atoms with Crippen LogP contribution in [-0.2, 0) is 5.41 Å². The summed E-state index contributed by atoms with van der Waals surface area (Å²) < 4.78 is 40.2. The molecule has 0 nitrogen and oxygen atoms in total. The lowest BCUT2D eigenvalue weighted by molar-refractivity contribution is 0.0911. The molecule has 1 atom stereocenters. The van der Waals surface area contributed by atoms with Crippen LogP contribution in [0.3, 0.4) is 0 Å². The van der Waals surface area contributed by atoms with Crippen molar-refractivity contribution in [1.29, 1.82) is 0 Å². The van der Waals surface area contributed by atoms with Crippen LogP contribution in [0.1, 0.15) is 18.9 Å². The van der Waals surface area contributed by atoms with Gasteiger partial charge in [0.05, 0.1) is 5.41 Å². The quantitative estimate of drug-likeness (QED) is 0.714. The molecule has 82 valence electrons. The SMILES string of the molecule is CC1(c2c(F)cc(Br)cc2Cl)CC1(F)F. The Labute approximate surface area is 98.6 Å². The van der Waals surface area contributed by atoms with Crippen LogP contribution in [0.25, 0.3) is 0 Å². The Hall–Kier alpha value is -0.220. The van der Waals surface area contributed by atoms with Gasteiger partial charge < -0.3 is 0 Å². The van der Waals surface area contributed by atoms with Crippen molar-refractivity contribution in [2.24, 2.45) is 0 Å². The molecule has 1 aliphatic rings. The summed E-state index contributed by atoms with van der Waals surface area (Å²) in [7, 11) is 0. The van der Waals surface area contributed by atoms with Gasteiger partial charge in [-0.1, -0.05) is 27.5 Å². The highest BCUT2D eigenvalue weighted by Crippen LogP contribution is 2.63. The van der Waals surface area contributed by atoms with Gasteiger partial charge in [-0.2, -0.15) is 0 Å². The van der Waals surface area contributed by atoms with E-state index in [-0.39, 0.29) is 17.0 Å². The molecule has 0 radical (unpaired) electrons. The average Bonchev–Trinajstić information content (AvgIpc) is 2.47. The van der Waals surface area contributed by atoms with E-state index in [1.165, 1.54) is 13.0 Å². The van der Waals surface area contributed by atoms with Crippen molar-refractivity contribution in [2.75, 3.05) is 0 Å². The van der Waals surface area contributed by atoms with Crippen molar-refractivity contribution in [1.82, 2.24) is 0 Å². The number of halogens is 5. The van der Waals surface area contributed by atoms with Gasteiger partial charge in [0.2, 0.25) is 0 Å². The smallest absolute Gasteiger partial charge is 0.207 e. The normalized spacial score (nSPS) is 27.9. The Bertz CT molecular complexity index is 410. The van der Waals surface area contributed by atoms with Crippen molar-refractivity contribution in [2.45, 2.75) is 24.7 Å². The van der Waals surface area contributed by atoms with Gasteiger partial charge in [-0.05, 0) is 19.1 Å². The molecule has 0 aliphatic heterocycles. The van der Waals surface area contributed by atoms with Gasteiger partial charge in [-0.15, -0.1) is 0 Å². The summed E-state index contributed by atoms with van der Waals surface area (Å²) in [6, 6.07) is 2.58. The van der Waals surface area contributed by atoms with E-state index >= 15 is 0 Å². The summed E-state index contributed by atoms with van der Waals surface area (Å²) in [4.78, 5) is 0. The van der Waals surface area contributed by atoms with E-state index in [1.54, 1.807) is 0 Å². The molecule has 0 heterocycles. The third kappa shape index (κ3) is 1.58. The Morgan fingerprint density at radius 3 is 2.33 bits per heavy atom. The van der Waals surface area contributed by atoms with Crippen LogP contribution in [0, 0.1) is 5.82 Å². The minimum absolute atomic E-state index is 0.0431. The van der Waals surface area contributed by atoms with Gasteiger partial charge in [-0.3, -0.25) is 0 Å². The van der Waals surface area contributed by atoms with E-state index in [4.69, 9.17) is 11.6 Å². The van der Waals surface area contributed by atoms with E-state index in [0.29, 0.717) is 4.47 Å². The maximum Gasteiger partial charge on any atom is 0.258 e. The molecule has 0 aromatic heterocycles. The minimum Gasteiger partial charge on any atom is -0.207 e. The van der Waals surface area contributed by atoms with E-state index in [2.05, 4.69) is 15.9 Å². The molecule has 1 saturated carbocycles. The molecular weight excluding hydrogens is 292 g/mol. The van der Waals surface area contributed by atoms with Gasteiger partial charge in [-0.25, -0.2) is 13.2 Å². The molecule has 0 bridgehead atoms. The fourth-order valence-electron chi connectivity index (χ4n) is 1.74. The second kappa shape index (κ2) is 3.14. The molecule has 1 aromatic rings. The Kier molecular flexibility index (Phi) is 2.36. The molecule has 1 fully saturated rings. The summed E-state index contributed by atoms with van der Waals surface area (Å²) in [6.07, 6.45) is -0.349. The molecule has 1 aliphatic carbocycles. The van der Waals surface area contributed by atoms with Gasteiger partial charge >= 0.3 is 0 Å². The maximum atomic E-state index is 13.5. The second-order valence-corrected chi connectivity index (χ2v) is 5.28. The lowest BCUT2D eigenvalue weighted by atomic mass is 9.97. The highest BCUT2D eigenvalue weighted by Gasteiger charge is 2.70. The Balaban J connectivity index is 2.56. The number of benzene rings is 1. The van der Waals surface area contributed by atoms with Gasteiger partial charge in [0, 0.05) is 21.5 Å². The molecule has 1 aromatic carbocycles. The third-order valence-corrected chi connectivity index (χ3v) is 3.57. The minimum atomic E-state index is -2.86. The van der Waals surface area contributed by atoms with Crippen molar-refractivity contribution in [3.05, 3.63) is 33.0 Å². The Morgan fingerprint density at radius 2 is 1.93 bits per heavy atom. The van der Waals surface area contributed by atoms with E-state index in [0.717, 1.165) is 6.07 Å². The first kappa shape index (κ1) is 11.3. The molecule has 2 rings (SSSR count). The lowest BCUT2D eigenvalue weighted by Gasteiger charge is -2.14. The standard InChI is InChI=1S/C10H7BrClF3/c1-9(4-10(9,14)15)8-6(12)2-5(11)3-7(8)13/h2-3H,4H2,1H3. The molecule has 0 N–H and O–H groups in total. The number of hydrogen-bond acceptors (Lipinski definition) is 0. The van der Waals surface area contributed by atoms with E-state index in [9.17, 15) is 13.2 Å². The molecule has 15 heavy (non-hydrogen) atoms. The van der Waals surface area contributed by atoms with Crippen molar-refractivity contribution >= 4 is 27.5 Å². The highest BCUT2D eigenvalue weighted by atomic mass is 79.9. The average molecular weight is 300 g/mol. The highest BCUT2D eigenvalue weighted by molar-refractivity contribution is 9.10. The maximum absolute atomic E-state index is 13.5. The van der Waals surface area contributed by atoms with Crippen LogP contribution in [0.5, 0.6) is 0 Å². The zero-order valence-corrected chi connectivity index (χ0v) is 10.1. The predicted molar refractivity (Wildman–Crippen MR) is 56.0 cm³/mol. The molecule has 1 unspecified atom stereocenters. The summed E-state index contributed by atoms with van der Waals surface area (Å²) >= 11 is 8.83. The van der Waals surface area contributed by atoms with E-state index < -0.39 is 17.2 Å². The molecule has 0 saturated heterocycles. The molecule has 0 spiro atoms. The van der Waals surface area contributed by atoms with Crippen molar-refractivity contribution < 1.29 is 13.2 Å². The Morgan fingerprint density at radius 1 is 1.40 bits per heavy atom.